The van der Waals surface area contributed by atoms with E-state index in [-0.39, 0.29) is 0 Å². The zero-order valence-electron chi connectivity index (χ0n) is 13.4. The highest BCUT2D eigenvalue weighted by molar-refractivity contribution is 5.41. The summed E-state index contributed by atoms with van der Waals surface area (Å²) in [7, 11) is 0. The summed E-state index contributed by atoms with van der Waals surface area (Å²) in [5, 5.41) is 0. The van der Waals surface area contributed by atoms with Crippen LogP contribution < -0.4 is 0 Å². The van der Waals surface area contributed by atoms with Crippen molar-refractivity contribution in [2.45, 2.75) is 64.7 Å². The van der Waals surface area contributed by atoms with Gasteiger partial charge in [-0.15, -0.1) is 0 Å². The van der Waals surface area contributed by atoms with Gasteiger partial charge in [-0.1, -0.05) is 42.0 Å². The SMILES string of the molecule is CC1=C(CC2=CCCC=C2)CCC=C1CC1CC=CCC1. The lowest BCUT2D eigenvalue weighted by molar-refractivity contribution is 0.475. The average Bonchev–Trinajstić information content (AvgIpc) is 2.53. The molecule has 0 aromatic rings. The van der Waals surface area contributed by atoms with Crippen molar-refractivity contribution in [2.75, 3.05) is 0 Å². The Bertz CT molecular complexity index is 522. The van der Waals surface area contributed by atoms with Crippen LogP contribution in [-0.4, -0.2) is 0 Å². The summed E-state index contributed by atoms with van der Waals surface area (Å²) in [6, 6.07) is 0. The van der Waals surface area contributed by atoms with Crippen LogP contribution in [0.3, 0.4) is 0 Å². The van der Waals surface area contributed by atoms with Crippen molar-refractivity contribution in [3.05, 3.63) is 58.7 Å². The predicted octanol–water partition coefficient (Wildman–Crippen LogP) is 6.44. The van der Waals surface area contributed by atoms with E-state index in [2.05, 4.69) is 43.4 Å². The first-order valence-electron chi connectivity index (χ1n) is 8.71. The van der Waals surface area contributed by atoms with E-state index in [0.717, 1.165) is 5.92 Å². The van der Waals surface area contributed by atoms with Crippen molar-refractivity contribution in [3.63, 3.8) is 0 Å². The summed E-state index contributed by atoms with van der Waals surface area (Å²) in [4.78, 5) is 0. The van der Waals surface area contributed by atoms with Crippen molar-refractivity contribution in [1.82, 2.24) is 0 Å². The first-order valence-corrected chi connectivity index (χ1v) is 8.71. The Morgan fingerprint density at radius 2 is 1.95 bits per heavy atom. The number of hydrogen-bond donors (Lipinski definition) is 0. The lowest BCUT2D eigenvalue weighted by Crippen LogP contribution is -2.08. The summed E-state index contributed by atoms with van der Waals surface area (Å²) < 4.78 is 0. The fraction of sp³-hybridized carbons (Fsp3) is 0.524. The molecule has 0 spiro atoms. The van der Waals surface area contributed by atoms with Gasteiger partial charge < -0.3 is 0 Å². The molecule has 1 atom stereocenters. The molecule has 0 aromatic carbocycles. The number of hydrogen-bond acceptors (Lipinski definition) is 0. The summed E-state index contributed by atoms with van der Waals surface area (Å²) in [6.07, 6.45) is 25.8. The van der Waals surface area contributed by atoms with Crippen LogP contribution in [0.2, 0.25) is 0 Å². The summed E-state index contributed by atoms with van der Waals surface area (Å²) in [5.74, 6) is 0.879. The second-order valence-corrected chi connectivity index (χ2v) is 6.79. The molecular formula is C21H28. The quantitative estimate of drug-likeness (QED) is 0.520. The minimum absolute atomic E-state index is 0.879. The van der Waals surface area contributed by atoms with Crippen molar-refractivity contribution in [1.29, 1.82) is 0 Å². The van der Waals surface area contributed by atoms with E-state index in [1.165, 1.54) is 63.4 Å². The third kappa shape index (κ3) is 3.87. The molecule has 3 aliphatic rings. The van der Waals surface area contributed by atoms with Gasteiger partial charge in [0.05, 0.1) is 0 Å². The topological polar surface area (TPSA) is 0 Å². The third-order valence-corrected chi connectivity index (χ3v) is 5.22. The molecule has 0 aromatic heterocycles. The third-order valence-electron chi connectivity index (χ3n) is 5.22. The molecule has 3 rings (SSSR count). The van der Waals surface area contributed by atoms with Gasteiger partial charge in [-0.2, -0.15) is 0 Å². The van der Waals surface area contributed by atoms with Crippen LogP contribution in [0.1, 0.15) is 64.7 Å². The Hall–Kier alpha value is -1.30. The van der Waals surface area contributed by atoms with E-state index in [9.17, 15) is 0 Å². The maximum atomic E-state index is 2.52. The minimum Gasteiger partial charge on any atom is -0.0885 e. The number of rotatable bonds is 4. The van der Waals surface area contributed by atoms with Crippen molar-refractivity contribution in [3.8, 4) is 0 Å². The second-order valence-electron chi connectivity index (χ2n) is 6.79. The molecule has 0 N–H and O–H groups in total. The van der Waals surface area contributed by atoms with Gasteiger partial charge in [0.15, 0.2) is 0 Å². The molecule has 0 nitrogen and oxygen atoms in total. The van der Waals surface area contributed by atoms with Crippen LogP contribution in [0, 0.1) is 5.92 Å². The molecule has 0 heterocycles. The minimum atomic E-state index is 0.879. The smallest absolute Gasteiger partial charge is 0.00644 e. The van der Waals surface area contributed by atoms with Crippen LogP contribution in [0.4, 0.5) is 0 Å². The molecule has 0 bridgehead atoms. The highest BCUT2D eigenvalue weighted by Gasteiger charge is 2.18. The Kier molecular flexibility index (Phi) is 4.95. The van der Waals surface area contributed by atoms with Crippen LogP contribution >= 0.6 is 0 Å². The van der Waals surface area contributed by atoms with Gasteiger partial charge in [0.1, 0.15) is 0 Å². The van der Waals surface area contributed by atoms with E-state index in [4.69, 9.17) is 0 Å². The van der Waals surface area contributed by atoms with Gasteiger partial charge in [0, 0.05) is 0 Å². The van der Waals surface area contributed by atoms with Crippen molar-refractivity contribution >= 4 is 0 Å². The van der Waals surface area contributed by atoms with E-state index in [1.54, 1.807) is 16.7 Å². The monoisotopic (exact) mass is 280 g/mol. The summed E-state index contributed by atoms with van der Waals surface area (Å²) in [5.41, 5.74) is 6.49. The highest BCUT2D eigenvalue weighted by atomic mass is 14.2. The first kappa shape index (κ1) is 14.6. The molecule has 3 aliphatic carbocycles. The van der Waals surface area contributed by atoms with E-state index in [1.807, 2.05) is 0 Å². The van der Waals surface area contributed by atoms with Gasteiger partial charge in [-0.3, -0.25) is 0 Å². The van der Waals surface area contributed by atoms with Crippen LogP contribution in [0.25, 0.3) is 0 Å². The predicted molar refractivity (Wildman–Crippen MR) is 92.2 cm³/mol. The molecule has 1 unspecified atom stereocenters. The average molecular weight is 280 g/mol. The molecule has 0 heteroatoms. The molecule has 112 valence electrons. The standard InChI is InChI=1S/C21H28/c1-17-20(15-18-9-4-2-5-10-18)13-8-14-21(17)16-19-11-6-3-7-12-19/h2,4,6,11-13,18H,3,5,7-10,14-16H2,1H3. The van der Waals surface area contributed by atoms with Crippen molar-refractivity contribution < 1.29 is 0 Å². The van der Waals surface area contributed by atoms with E-state index < -0.39 is 0 Å². The zero-order chi connectivity index (χ0) is 14.5. The normalized spacial score (nSPS) is 25.9. The van der Waals surface area contributed by atoms with Crippen LogP contribution in [0.5, 0.6) is 0 Å². The number of allylic oxidation sites excluding steroid dienone is 10. The van der Waals surface area contributed by atoms with Gasteiger partial charge in [-0.25, -0.2) is 0 Å². The molecular weight excluding hydrogens is 252 g/mol. The largest absolute Gasteiger partial charge is 0.0885 e. The maximum Gasteiger partial charge on any atom is -0.00644 e. The molecule has 0 radical (unpaired) electrons. The Morgan fingerprint density at radius 3 is 2.71 bits per heavy atom. The maximum absolute atomic E-state index is 2.52. The molecule has 0 aliphatic heterocycles. The van der Waals surface area contributed by atoms with Gasteiger partial charge in [-0.05, 0) is 87.3 Å². The van der Waals surface area contributed by atoms with Crippen LogP contribution in [-0.2, 0) is 0 Å². The molecule has 21 heavy (non-hydrogen) atoms. The second kappa shape index (κ2) is 7.11. The van der Waals surface area contributed by atoms with Gasteiger partial charge in [0.25, 0.3) is 0 Å². The fourth-order valence-electron chi connectivity index (χ4n) is 3.84. The van der Waals surface area contributed by atoms with E-state index in [0.29, 0.717) is 0 Å². The van der Waals surface area contributed by atoms with Crippen LogP contribution in [0.15, 0.2) is 58.7 Å². The molecule has 0 amide bonds. The lowest BCUT2D eigenvalue weighted by atomic mass is 9.81. The highest BCUT2D eigenvalue weighted by Crippen LogP contribution is 2.35. The molecule has 0 fully saturated rings. The Labute approximate surface area is 130 Å². The van der Waals surface area contributed by atoms with E-state index >= 15 is 0 Å². The van der Waals surface area contributed by atoms with Gasteiger partial charge >= 0.3 is 0 Å². The Morgan fingerprint density at radius 1 is 1.00 bits per heavy atom. The molecule has 0 saturated heterocycles. The lowest BCUT2D eigenvalue weighted by Gasteiger charge is -2.25. The fourth-order valence-corrected chi connectivity index (χ4v) is 3.84. The Balaban J connectivity index is 1.67. The first-order chi connectivity index (χ1) is 10.3. The molecule has 0 saturated carbocycles. The summed E-state index contributed by atoms with van der Waals surface area (Å²) in [6.45, 7) is 2.37. The summed E-state index contributed by atoms with van der Waals surface area (Å²) >= 11 is 0. The van der Waals surface area contributed by atoms with Crippen molar-refractivity contribution in [2.24, 2.45) is 5.92 Å². The zero-order valence-corrected chi connectivity index (χ0v) is 13.4. The van der Waals surface area contributed by atoms with Gasteiger partial charge in [0.2, 0.25) is 0 Å².